The van der Waals surface area contributed by atoms with Gasteiger partial charge >= 0.3 is 0 Å². The summed E-state index contributed by atoms with van der Waals surface area (Å²) in [4.78, 5) is -1.65. The standard InChI is InChI=1S/C20H44O5SSi2/c1-18(2,3)27(8,9)24-13-12-17-16(14-20(17,21)26(7,22)23)15-25-28(10,11)19(4,5)6/h16-17,21H,12-15H2,1-11H3. The molecule has 0 aromatic rings. The lowest BCUT2D eigenvalue weighted by molar-refractivity contribution is -0.0944. The summed E-state index contributed by atoms with van der Waals surface area (Å²) in [6.45, 7) is 22.9. The van der Waals surface area contributed by atoms with Crippen LogP contribution in [0.5, 0.6) is 0 Å². The largest absolute Gasteiger partial charge is 0.417 e. The molecule has 0 bridgehead atoms. The second-order valence-corrected chi connectivity index (χ2v) is 23.5. The van der Waals surface area contributed by atoms with Crippen LogP contribution in [0.15, 0.2) is 0 Å². The van der Waals surface area contributed by atoms with E-state index in [1.807, 2.05) is 0 Å². The normalized spacial score (nSPS) is 27.6. The van der Waals surface area contributed by atoms with Gasteiger partial charge in [-0.3, -0.25) is 0 Å². The Hall–Kier alpha value is 0.264. The maximum atomic E-state index is 12.3. The molecule has 1 fully saturated rings. The molecule has 0 spiro atoms. The summed E-state index contributed by atoms with van der Waals surface area (Å²) >= 11 is 0. The predicted octanol–water partition coefficient (Wildman–Crippen LogP) is 4.79. The van der Waals surface area contributed by atoms with E-state index in [0.717, 1.165) is 6.26 Å². The molecule has 28 heavy (non-hydrogen) atoms. The molecule has 1 saturated carbocycles. The van der Waals surface area contributed by atoms with Gasteiger partial charge in [-0.15, -0.1) is 0 Å². The van der Waals surface area contributed by atoms with Crippen molar-refractivity contribution in [2.45, 2.75) is 95.6 Å². The highest BCUT2D eigenvalue weighted by atomic mass is 32.2. The Morgan fingerprint density at radius 2 is 1.39 bits per heavy atom. The average Bonchev–Trinajstić information content (AvgIpc) is 2.43. The van der Waals surface area contributed by atoms with Gasteiger partial charge in [-0.25, -0.2) is 8.42 Å². The third-order valence-electron chi connectivity index (χ3n) is 7.51. The van der Waals surface area contributed by atoms with E-state index in [9.17, 15) is 13.5 Å². The van der Waals surface area contributed by atoms with Crippen molar-refractivity contribution in [1.29, 1.82) is 0 Å². The Kier molecular flexibility index (Phi) is 7.58. The maximum Gasteiger partial charge on any atom is 0.191 e. The molecule has 0 saturated heterocycles. The van der Waals surface area contributed by atoms with Gasteiger partial charge in [0.15, 0.2) is 31.4 Å². The maximum absolute atomic E-state index is 12.3. The minimum atomic E-state index is -3.56. The number of hydrogen-bond donors (Lipinski definition) is 1. The highest BCUT2D eigenvalue weighted by Crippen LogP contribution is 2.50. The summed E-state index contributed by atoms with van der Waals surface area (Å²) in [5.74, 6) is -0.283. The van der Waals surface area contributed by atoms with Crippen LogP contribution in [0.3, 0.4) is 0 Å². The number of sulfone groups is 1. The van der Waals surface area contributed by atoms with Crippen molar-refractivity contribution in [2.24, 2.45) is 11.8 Å². The minimum absolute atomic E-state index is 0.0527. The first-order chi connectivity index (χ1) is 12.2. The highest BCUT2D eigenvalue weighted by molar-refractivity contribution is 7.92. The van der Waals surface area contributed by atoms with Gasteiger partial charge in [0.1, 0.15) is 0 Å². The van der Waals surface area contributed by atoms with Crippen molar-refractivity contribution in [2.75, 3.05) is 19.5 Å². The van der Waals surface area contributed by atoms with Crippen molar-refractivity contribution >= 4 is 26.5 Å². The first-order valence-electron chi connectivity index (χ1n) is 10.4. The van der Waals surface area contributed by atoms with Crippen molar-refractivity contribution in [3.8, 4) is 0 Å². The van der Waals surface area contributed by atoms with Crippen molar-refractivity contribution in [1.82, 2.24) is 0 Å². The molecule has 0 heterocycles. The van der Waals surface area contributed by atoms with Crippen molar-refractivity contribution in [3.05, 3.63) is 0 Å². The van der Waals surface area contributed by atoms with E-state index in [0.29, 0.717) is 19.6 Å². The number of aliphatic hydroxyl groups is 1. The van der Waals surface area contributed by atoms with Crippen LogP contribution in [0, 0.1) is 11.8 Å². The lowest BCUT2D eigenvalue weighted by Gasteiger charge is -2.51. The fraction of sp³-hybridized carbons (Fsp3) is 1.00. The lowest BCUT2D eigenvalue weighted by Crippen LogP contribution is -2.61. The lowest BCUT2D eigenvalue weighted by atomic mass is 9.69. The van der Waals surface area contributed by atoms with Crippen LogP contribution >= 0.6 is 0 Å². The summed E-state index contributed by atoms with van der Waals surface area (Å²) in [6, 6.07) is 0. The Balaban J connectivity index is 2.85. The summed E-state index contributed by atoms with van der Waals surface area (Å²) in [6.07, 6.45) is 1.94. The van der Waals surface area contributed by atoms with Crippen LogP contribution in [0.25, 0.3) is 0 Å². The van der Waals surface area contributed by atoms with E-state index in [1.165, 1.54) is 0 Å². The van der Waals surface area contributed by atoms with Gasteiger partial charge < -0.3 is 14.0 Å². The zero-order chi connectivity index (χ0) is 22.4. The van der Waals surface area contributed by atoms with Crippen LogP contribution in [-0.2, 0) is 18.7 Å². The van der Waals surface area contributed by atoms with Crippen molar-refractivity contribution in [3.63, 3.8) is 0 Å². The van der Waals surface area contributed by atoms with Gasteiger partial charge in [0.2, 0.25) is 0 Å². The van der Waals surface area contributed by atoms with Gasteiger partial charge in [-0.05, 0) is 55.0 Å². The molecule has 168 valence electrons. The average molecular weight is 453 g/mol. The molecule has 3 atom stereocenters. The van der Waals surface area contributed by atoms with Gasteiger partial charge in [0.05, 0.1) is 0 Å². The third kappa shape index (κ3) is 5.49. The molecule has 0 amide bonds. The fourth-order valence-electron chi connectivity index (χ4n) is 3.13. The quantitative estimate of drug-likeness (QED) is 0.536. The molecule has 1 rings (SSSR count). The van der Waals surface area contributed by atoms with E-state index in [1.54, 1.807) is 0 Å². The smallest absolute Gasteiger partial charge is 0.191 e. The summed E-state index contributed by atoms with van der Waals surface area (Å²) in [5, 5.41) is 11.1. The number of hydrogen-bond acceptors (Lipinski definition) is 5. The van der Waals surface area contributed by atoms with E-state index >= 15 is 0 Å². The summed E-state index contributed by atoms with van der Waals surface area (Å²) in [5.41, 5.74) is 0. The second kappa shape index (κ2) is 8.07. The molecule has 3 unspecified atom stereocenters. The summed E-state index contributed by atoms with van der Waals surface area (Å²) in [7, 11) is -7.37. The van der Waals surface area contributed by atoms with Crippen LogP contribution < -0.4 is 0 Å². The molecule has 0 radical (unpaired) electrons. The first-order valence-corrected chi connectivity index (χ1v) is 18.1. The SMILES string of the molecule is CC(C)(C)[Si](C)(C)OCCC1C(CO[Si](C)(C)C(C)(C)C)CC1(O)S(C)(=O)=O. The molecule has 0 aromatic heterocycles. The minimum Gasteiger partial charge on any atom is -0.417 e. The van der Waals surface area contributed by atoms with Crippen molar-refractivity contribution < 1.29 is 22.4 Å². The van der Waals surface area contributed by atoms with E-state index in [4.69, 9.17) is 8.85 Å². The van der Waals surface area contributed by atoms with Crippen LogP contribution in [0.2, 0.25) is 36.3 Å². The van der Waals surface area contributed by atoms with E-state index in [-0.39, 0.29) is 28.3 Å². The fourth-order valence-corrected chi connectivity index (χ4v) is 6.63. The van der Waals surface area contributed by atoms with Gasteiger partial charge in [-0.1, -0.05) is 41.5 Å². The van der Waals surface area contributed by atoms with Crippen LogP contribution in [0.1, 0.15) is 54.4 Å². The number of rotatable bonds is 8. The first kappa shape index (κ1) is 26.3. The molecule has 0 aliphatic heterocycles. The third-order valence-corrected chi connectivity index (χ3v) is 18.3. The van der Waals surface area contributed by atoms with E-state index in [2.05, 4.69) is 67.7 Å². The molecule has 1 aliphatic carbocycles. The molecule has 5 nitrogen and oxygen atoms in total. The zero-order valence-corrected chi connectivity index (χ0v) is 22.8. The van der Waals surface area contributed by atoms with E-state index < -0.39 is 31.4 Å². The highest BCUT2D eigenvalue weighted by Gasteiger charge is 2.59. The van der Waals surface area contributed by atoms with Gasteiger partial charge in [0.25, 0.3) is 0 Å². The predicted molar refractivity (Wildman–Crippen MR) is 122 cm³/mol. The Bertz CT molecular complexity index is 646. The monoisotopic (exact) mass is 452 g/mol. The molecule has 1 N–H and O–H groups in total. The Labute approximate surface area is 175 Å². The topological polar surface area (TPSA) is 72.8 Å². The molecule has 8 heteroatoms. The molecule has 1 aliphatic rings. The molecule has 0 aromatic carbocycles. The van der Waals surface area contributed by atoms with Gasteiger partial charge in [0, 0.05) is 25.4 Å². The molecular weight excluding hydrogens is 408 g/mol. The molecular formula is C20H44O5SSi2. The van der Waals surface area contributed by atoms with Gasteiger partial charge in [-0.2, -0.15) is 0 Å². The summed E-state index contributed by atoms with van der Waals surface area (Å²) < 4.78 is 37.1. The Morgan fingerprint density at radius 1 is 0.964 bits per heavy atom. The second-order valence-electron chi connectivity index (χ2n) is 11.7. The zero-order valence-electron chi connectivity index (χ0n) is 20.0. The Morgan fingerprint density at radius 3 is 1.79 bits per heavy atom. The van der Waals surface area contributed by atoms with Crippen LogP contribution in [-0.4, -0.2) is 54.6 Å². The van der Waals surface area contributed by atoms with Crippen LogP contribution in [0.4, 0.5) is 0 Å².